The van der Waals surface area contributed by atoms with Gasteiger partial charge in [0.25, 0.3) is 5.91 Å². The Kier molecular flexibility index (Phi) is 5.53. The molecule has 0 saturated carbocycles. The first-order chi connectivity index (χ1) is 14.5. The van der Waals surface area contributed by atoms with Crippen LogP contribution >= 0.6 is 11.6 Å². The van der Waals surface area contributed by atoms with E-state index >= 15 is 0 Å². The predicted octanol–water partition coefficient (Wildman–Crippen LogP) is 4.75. The van der Waals surface area contributed by atoms with Crippen LogP contribution in [0.4, 0.5) is 5.69 Å². The zero-order valence-corrected chi connectivity index (χ0v) is 16.9. The van der Waals surface area contributed by atoms with Gasteiger partial charge in [-0.15, -0.1) is 0 Å². The number of hydrogen-bond acceptors (Lipinski definition) is 3. The molecule has 0 unspecified atom stereocenters. The summed E-state index contributed by atoms with van der Waals surface area (Å²) in [5.74, 6) is -0.868. The molecule has 150 valence electrons. The van der Waals surface area contributed by atoms with Gasteiger partial charge in [-0.1, -0.05) is 78.3 Å². The Balaban J connectivity index is 1.63. The van der Waals surface area contributed by atoms with Crippen LogP contribution in [-0.4, -0.2) is 16.8 Å². The fourth-order valence-corrected chi connectivity index (χ4v) is 3.85. The van der Waals surface area contributed by atoms with Gasteiger partial charge in [0, 0.05) is 10.6 Å². The highest BCUT2D eigenvalue weighted by Gasteiger charge is 2.50. The predicted molar refractivity (Wildman–Crippen MR) is 118 cm³/mol. The van der Waals surface area contributed by atoms with Crippen molar-refractivity contribution in [3.05, 3.63) is 107 Å². The number of aliphatic hydroxyl groups is 1. The molecule has 1 N–H and O–H groups in total. The van der Waals surface area contributed by atoms with Crippen molar-refractivity contribution in [1.29, 1.82) is 0 Å². The van der Waals surface area contributed by atoms with Crippen molar-refractivity contribution >= 4 is 35.1 Å². The lowest BCUT2D eigenvalue weighted by atomic mass is 9.89. The third-order valence-corrected chi connectivity index (χ3v) is 5.40. The van der Waals surface area contributed by atoms with E-state index in [1.807, 2.05) is 60.7 Å². The van der Waals surface area contributed by atoms with Crippen LogP contribution in [0.3, 0.4) is 0 Å². The molecule has 1 heterocycles. The minimum absolute atomic E-state index is 0.296. The highest BCUT2D eigenvalue weighted by Crippen LogP contribution is 2.44. The first-order valence-corrected chi connectivity index (χ1v) is 9.99. The summed E-state index contributed by atoms with van der Waals surface area (Å²) in [4.78, 5) is 27.4. The Bertz CT molecular complexity index is 1110. The van der Waals surface area contributed by atoms with Crippen LogP contribution < -0.4 is 4.90 Å². The maximum atomic E-state index is 13.3. The molecule has 1 atom stereocenters. The first-order valence-electron chi connectivity index (χ1n) is 9.62. The zero-order valence-electron chi connectivity index (χ0n) is 16.2. The fraction of sp³-hybridized carbons (Fsp3) is 0.120. The molecule has 0 bridgehead atoms. The number of carbonyl (C=O) groups excluding carboxylic acids is 2. The van der Waals surface area contributed by atoms with E-state index in [0.29, 0.717) is 22.8 Å². The summed E-state index contributed by atoms with van der Waals surface area (Å²) in [6, 6.07) is 23.8. The zero-order chi connectivity index (χ0) is 21.1. The van der Waals surface area contributed by atoms with Gasteiger partial charge in [-0.3, -0.25) is 9.59 Å². The van der Waals surface area contributed by atoms with E-state index in [-0.39, 0.29) is 12.2 Å². The highest BCUT2D eigenvalue weighted by molar-refractivity contribution is 6.31. The quantitative estimate of drug-likeness (QED) is 0.589. The normalized spacial score (nSPS) is 18.1. The molecule has 0 radical (unpaired) electrons. The lowest BCUT2D eigenvalue weighted by Gasteiger charge is -2.22. The Labute approximate surface area is 180 Å². The number of fused-ring (bicyclic) bond motifs is 1. The fourth-order valence-electron chi connectivity index (χ4n) is 3.68. The van der Waals surface area contributed by atoms with Crippen molar-refractivity contribution in [1.82, 2.24) is 0 Å². The molecular weight excluding hydrogens is 398 g/mol. The minimum Gasteiger partial charge on any atom is -0.375 e. The molecule has 1 amide bonds. The van der Waals surface area contributed by atoms with Crippen molar-refractivity contribution in [3.8, 4) is 0 Å². The van der Waals surface area contributed by atoms with Crippen LogP contribution in [0.1, 0.15) is 23.1 Å². The summed E-state index contributed by atoms with van der Waals surface area (Å²) >= 11 is 6.14. The molecule has 30 heavy (non-hydrogen) atoms. The van der Waals surface area contributed by atoms with E-state index in [1.54, 1.807) is 24.3 Å². The summed E-state index contributed by atoms with van der Waals surface area (Å²) in [6.45, 7) is 0.296. The average molecular weight is 418 g/mol. The van der Waals surface area contributed by atoms with E-state index in [4.69, 9.17) is 11.6 Å². The Morgan fingerprint density at radius 3 is 2.37 bits per heavy atom. The van der Waals surface area contributed by atoms with E-state index in [2.05, 4.69) is 0 Å². The number of ketones is 1. The number of hydrogen-bond donors (Lipinski definition) is 1. The topological polar surface area (TPSA) is 57.6 Å². The summed E-state index contributed by atoms with van der Waals surface area (Å²) < 4.78 is 0. The average Bonchev–Trinajstić information content (AvgIpc) is 2.95. The third kappa shape index (κ3) is 3.92. The summed E-state index contributed by atoms with van der Waals surface area (Å²) in [5.41, 5.74) is 0.761. The number of nitrogens with zero attached hydrogens (tertiary/aromatic N) is 1. The summed E-state index contributed by atoms with van der Waals surface area (Å²) in [6.07, 6.45) is 2.71. The van der Waals surface area contributed by atoms with Gasteiger partial charge in [0.1, 0.15) is 0 Å². The molecule has 3 aromatic rings. The lowest BCUT2D eigenvalue weighted by Crippen LogP contribution is -2.41. The Hall–Kier alpha value is -3.21. The SMILES string of the molecule is O=C(/C=C/c1ccccc1)C[C@]1(O)C(=O)N(Cc2ccccc2)c2ccc(Cl)cc21. The van der Waals surface area contributed by atoms with Gasteiger partial charge in [0.15, 0.2) is 11.4 Å². The number of rotatable bonds is 6. The summed E-state index contributed by atoms with van der Waals surface area (Å²) in [7, 11) is 0. The van der Waals surface area contributed by atoms with Gasteiger partial charge in [-0.05, 0) is 35.4 Å². The van der Waals surface area contributed by atoms with Crippen molar-refractivity contribution in [2.45, 2.75) is 18.6 Å². The Morgan fingerprint density at radius 1 is 1.00 bits per heavy atom. The highest BCUT2D eigenvalue weighted by atomic mass is 35.5. The smallest absolute Gasteiger partial charge is 0.264 e. The number of halogens is 1. The van der Waals surface area contributed by atoms with Crippen LogP contribution in [0.5, 0.6) is 0 Å². The number of carbonyl (C=O) groups is 2. The second-order valence-corrected chi connectivity index (χ2v) is 7.72. The standard InChI is InChI=1S/C25H20ClNO3/c26-20-12-14-23-22(15-20)25(30,16-21(28)13-11-18-7-3-1-4-8-18)24(29)27(23)17-19-9-5-2-6-10-19/h1-15,30H,16-17H2/b13-11+/t25-/m1/s1. The monoisotopic (exact) mass is 417 g/mol. The van der Waals surface area contributed by atoms with Crippen LogP contribution in [0.25, 0.3) is 6.08 Å². The van der Waals surface area contributed by atoms with Crippen LogP contribution in [0, 0.1) is 0 Å². The number of anilines is 1. The molecule has 4 rings (SSSR count). The minimum atomic E-state index is -1.95. The second kappa shape index (κ2) is 8.27. The maximum Gasteiger partial charge on any atom is 0.264 e. The van der Waals surface area contributed by atoms with Crippen molar-refractivity contribution < 1.29 is 14.7 Å². The molecule has 0 spiro atoms. The van der Waals surface area contributed by atoms with Crippen molar-refractivity contribution in [2.75, 3.05) is 4.90 Å². The van der Waals surface area contributed by atoms with E-state index < -0.39 is 11.5 Å². The number of allylic oxidation sites excluding steroid dienone is 1. The molecule has 5 heteroatoms. The summed E-state index contributed by atoms with van der Waals surface area (Å²) in [5, 5.41) is 11.7. The maximum absolute atomic E-state index is 13.3. The molecule has 0 aliphatic carbocycles. The van der Waals surface area contributed by atoms with Crippen LogP contribution in [0.2, 0.25) is 5.02 Å². The lowest BCUT2D eigenvalue weighted by molar-refractivity contribution is -0.140. The van der Waals surface area contributed by atoms with Gasteiger partial charge in [-0.25, -0.2) is 0 Å². The molecule has 1 aliphatic heterocycles. The van der Waals surface area contributed by atoms with E-state index in [0.717, 1.165) is 11.1 Å². The van der Waals surface area contributed by atoms with Gasteiger partial charge in [-0.2, -0.15) is 0 Å². The third-order valence-electron chi connectivity index (χ3n) is 5.17. The molecule has 0 fully saturated rings. The van der Waals surface area contributed by atoms with Gasteiger partial charge in [0.2, 0.25) is 0 Å². The second-order valence-electron chi connectivity index (χ2n) is 7.29. The Morgan fingerprint density at radius 2 is 1.67 bits per heavy atom. The van der Waals surface area contributed by atoms with Crippen molar-refractivity contribution in [2.24, 2.45) is 0 Å². The largest absolute Gasteiger partial charge is 0.375 e. The van der Waals surface area contributed by atoms with Gasteiger partial charge >= 0.3 is 0 Å². The van der Waals surface area contributed by atoms with Crippen LogP contribution in [0.15, 0.2) is 84.9 Å². The van der Waals surface area contributed by atoms with E-state index in [1.165, 1.54) is 11.0 Å². The number of benzene rings is 3. The first kappa shape index (κ1) is 20.1. The molecule has 4 nitrogen and oxygen atoms in total. The molecule has 1 aliphatic rings. The molecular formula is C25H20ClNO3. The molecule has 3 aromatic carbocycles. The molecule has 0 aromatic heterocycles. The van der Waals surface area contributed by atoms with Crippen molar-refractivity contribution in [3.63, 3.8) is 0 Å². The number of amides is 1. The van der Waals surface area contributed by atoms with Crippen LogP contribution in [-0.2, 0) is 21.7 Å². The van der Waals surface area contributed by atoms with Gasteiger partial charge in [0.05, 0.1) is 18.7 Å². The molecule has 0 saturated heterocycles. The van der Waals surface area contributed by atoms with E-state index in [9.17, 15) is 14.7 Å². The van der Waals surface area contributed by atoms with Gasteiger partial charge < -0.3 is 10.0 Å².